The second-order valence-electron chi connectivity index (χ2n) is 3.99. The van der Waals surface area contributed by atoms with Gasteiger partial charge in [-0.15, -0.1) is 24.8 Å². The minimum absolute atomic E-state index is 0. The van der Waals surface area contributed by atoms with E-state index in [4.69, 9.17) is 4.74 Å². The Morgan fingerprint density at radius 1 is 1.28 bits per heavy atom. The fourth-order valence-corrected chi connectivity index (χ4v) is 2.09. The first-order chi connectivity index (χ1) is 7.81. The number of carbonyl (C=O) groups is 1. The van der Waals surface area contributed by atoms with Gasteiger partial charge in [0, 0.05) is 31.2 Å². The maximum Gasteiger partial charge on any atom is 0.308 e. The fourth-order valence-electron chi connectivity index (χ4n) is 2.09. The van der Waals surface area contributed by atoms with Crippen molar-refractivity contribution >= 4 is 36.5 Å². The van der Waals surface area contributed by atoms with Crippen molar-refractivity contribution in [3.63, 3.8) is 0 Å². The molecule has 102 valence electrons. The molecule has 0 aliphatic carbocycles. The van der Waals surface area contributed by atoms with Crippen molar-refractivity contribution in [2.75, 3.05) is 25.1 Å². The van der Waals surface area contributed by atoms with Crippen LogP contribution in [0.2, 0.25) is 0 Å². The quantitative estimate of drug-likeness (QED) is 0.785. The molecular weight excluding hydrogens is 275 g/mol. The minimum Gasteiger partial charge on any atom is -0.469 e. The predicted molar refractivity (Wildman–Crippen MR) is 75.7 cm³/mol. The second kappa shape index (κ2) is 8.16. The molecule has 2 heterocycles. The molecule has 1 aliphatic rings. The summed E-state index contributed by atoms with van der Waals surface area (Å²) in [6.45, 7) is 1.81. The second-order valence-corrected chi connectivity index (χ2v) is 3.99. The highest BCUT2D eigenvalue weighted by atomic mass is 35.5. The molecule has 0 atom stereocenters. The molecule has 0 saturated carbocycles. The maximum absolute atomic E-state index is 11.4. The number of piperidine rings is 1. The molecule has 0 radical (unpaired) electrons. The van der Waals surface area contributed by atoms with E-state index < -0.39 is 0 Å². The van der Waals surface area contributed by atoms with Crippen LogP contribution in [0.15, 0.2) is 24.5 Å². The van der Waals surface area contributed by atoms with Crippen LogP contribution in [0.3, 0.4) is 0 Å². The number of hydrogen-bond acceptors (Lipinski definition) is 4. The van der Waals surface area contributed by atoms with Crippen LogP contribution < -0.4 is 4.90 Å². The van der Waals surface area contributed by atoms with Crippen molar-refractivity contribution in [2.24, 2.45) is 5.92 Å². The Balaban J connectivity index is 0.00000144. The van der Waals surface area contributed by atoms with E-state index in [0.717, 1.165) is 25.9 Å². The molecule has 0 unspecified atom stereocenters. The lowest BCUT2D eigenvalue weighted by Crippen LogP contribution is -2.36. The summed E-state index contributed by atoms with van der Waals surface area (Å²) < 4.78 is 4.76. The summed E-state index contributed by atoms with van der Waals surface area (Å²) in [7, 11) is 1.46. The third-order valence-electron chi connectivity index (χ3n) is 3.06. The van der Waals surface area contributed by atoms with Gasteiger partial charge >= 0.3 is 5.97 Å². The van der Waals surface area contributed by atoms with Gasteiger partial charge in [0.15, 0.2) is 0 Å². The number of anilines is 1. The molecule has 1 fully saturated rings. The Morgan fingerprint density at radius 2 is 1.83 bits per heavy atom. The number of ether oxygens (including phenoxy) is 1. The van der Waals surface area contributed by atoms with E-state index in [2.05, 4.69) is 9.88 Å². The molecule has 0 aromatic carbocycles. The molecule has 18 heavy (non-hydrogen) atoms. The van der Waals surface area contributed by atoms with Crippen molar-refractivity contribution in [2.45, 2.75) is 12.8 Å². The number of carbonyl (C=O) groups excluding carboxylic acids is 1. The largest absolute Gasteiger partial charge is 0.469 e. The molecule has 6 heteroatoms. The van der Waals surface area contributed by atoms with E-state index in [1.165, 1.54) is 12.8 Å². The highest BCUT2D eigenvalue weighted by Crippen LogP contribution is 2.23. The molecule has 2 rings (SSSR count). The summed E-state index contributed by atoms with van der Waals surface area (Å²) in [6, 6.07) is 4.00. The van der Waals surface area contributed by atoms with Crippen molar-refractivity contribution < 1.29 is 9.53 Å². The first-order valence-electron chi connectivity index (χ1n) is 5.54. The van der Waals surface area contributed by atoms with E-state index >= 15 is 0 Å². The van der Waals surface area contributed by atoms with Crippen LogP contribution in [0.4, 0.5) is 5.69 Å². The number of aromatic nitrogens is 1. The van der Waals surface area contributed by atoms with Crippen molar-refractivity contribution in [3.8, 4) is 0 Å². The summed E-state index contributed by atoms with van der Waals surface area (Å²) in [4.78, 5) is 17.6. The average molecular weight is 293 g/mol. The van der Waals surface area contributed by atoms with Crippen LogP contribution in [-0.2, 0) is 9.53 Å². The van der Waals surface area contributed by atoms with E-state index in [1.807, 2.05) is 12.1 Å². The van der Waals surface area contributed by atoms with Gasteiger partial charge in [-0.05, 0) is 25.0 Å². The molecule has 1 saturated heterocycles. The molecule has 0 spiro atoms. The highest BCUT2D eigenvalue weighted by Gasteiger charge is 2.25. The number of halogens is 2. The van der Waals surface area contributed by atoms with Gasteiger partial charge in [0.1, 0.15) is 0 Å². The Labute approximate surface area is 120 Å². The molecule has 4 nitrogen and oxygen atoms in total. The third kappa shape index (κ3) is 4.03. The van der Waals surface area contributed by atoms with Crippen LogP contribution in [-0.4, -0.2) is 31.2 Å². The number of rotatable bonds is 2. The minimum atomic E-state index is -0.0746. The zero-order valence-electron chi connectivity index (χ0n) is 10.2. The van der Waals surface area contributed by atoms with Crippen LogP contribution in [0.25, 0.3) is 0 Å². The first-order valence-corrected chi connectivity index (χ1v) is 5.54. The van der Waals surface area contributed by atoms with E-state index in [0.29, 0.717) is 0 Å². The Kier molecular flexibility index (Phi) is 7.71. The Bertz CT molecular complexity index is 354. The molecule has 0 bridgehead atoms. The maximum atomic E-state index is 11.4. The van der Waals surface area contributed by atoms with Gasteiger partial charge in [0.05, 0.1) is 13.0 Å². The van der Waals surface area contributed by atoms with Gasteiger partial charge in [0.25, 0.3) is 0 Å². The summed E-state index contributed by atoms with van der Waals surface area (Å²) in [5, 5.41) is 0. The third-order valence-corrected chi connectivity index (χ3v) is 3.06. The van der Waals surface area contributed by atoms with Crippen LogP contribution >= 0.6 is 24.8 Å². The van der Waals surface area contributed by atoms with E-state index in [9.17, 15) is 4.79 Å². The molecule has 1 aliphatic heterocycles. The van der Waals surface area contributed by atoms with E-state index in [-0.39, 0.29) is 36.7 Å². The topological polar surface area (TPSA) is 42.4 Å². The fraction of sp³-hybridized carbons (Fsp3) is 0.500. The van der Waals surface area contributed by atoms with Crippen LogP contribution in [0.1, 0.15) is 12.8 Å². The van der Waals surface area contributed by atoms with Crippen molar-refractivity contribution in [1.82, 2.24) is 4.98 Å². The molecule has 1 aromatic rings. The van der Waals surface area contributed by atoms with Gasteiger partial charge < -0.3 is 9.64 Å². The standard InChI is InChI=1S/C12H16N2O2.2ClH/c1-16-12(15)10-4-8-14(9-5-10)11-2-6-13-7-3-11;;/h2-3,6-7,10H,4-5,8-9H2,1H3;2*1H. The number of esters is 1. The number of pyridine rings is 1. The molecule has 0 amide bonds. The van der Waals surface area contributed by atoms with Crippen molar-refractivity contribution in [3.05, 3.63) is 24.5 Å². The van der Waals surface area contributed by atoms with E-state index in [1.54, 1.807) is 12.4 Å². The number of methoxy groups -OCH3 is 1. The van der Waals surface area contributed by atoms with Gasteiger partial charge in [-0.2, -0.15) is 0 Å². The van der Waals surface area contributed by atoms with Crippen LogP contribution in [0.5, 0.6) is 0 Å². The Hall–Kier alpha value is -1.00. The zero-order chi connectivity index (χ0) is 11.4. The van der Waals surface area contributed by atoms with Crippen LogP contribution in [0, 0.1) is 5.92 Å². The van der Waals surface area contributed by atoms with Gasteiger partial charge in [0.2, 0.25) is 0 Å². The SMILES string of the molecule is COC(=O)C1CCN(c2ccncc2)CC1.Cl.Cl. The predicted octanol–water partition coefficient (Wildman–Crippen LogP) is 2.31. The lowest BCUT2D eigenvalue weighted by molar-refractivity contribution is -0.146. The van der Waals surface area contributed by atoms with Gasteiger partial charge in [-0.3, -0.25) is 9.78 Å². The number of hydrogen-bond donors (Lipinski definition) is 0. The molecular formula is C12H18Cl2N2O2. The lowest BCUT2D eigenvalue weighted by Gasteiger charge is -2.32. The van der Waals surface area contributed by atoms with Crippen molar-refractivity contribution in [1.29, 1.82) is 0 Å². The van der Waals surface area contributed by atoms with Gasteiger partial charge in [-0.25, -0.2) is 0 Å². The lowest BCUT2D eigenvalue weighted by atomic mass is 9.97. The molecule has 0 N–H and O–H groups in total. The summed E-state index contributed by atoms with van der Waals surface area (Å²) in [5.74, 6) is -0.00235. The normalized spacial score (nSPS) is 15.3. The first kappa shape index (κ1) is 17.0. The van der Waals surface area contributed by atoms with Gasteiger partial charge in [-0.1, -0.05) is 0 Å². The summed E-state index contributed by atoms with van der Waals surface area (Å²) >= 11 is 0. The summed E-state index contributed by atoms with van der Waals surface area (Å²) in [5.41, 5.74) is 1.18. The number of nitrogens with zero attached hydrogens (tertiary/aromatic N) is 2. The monoisotopic (exact) mass is 292 g/mol. The Morgan fingerprint density at radius 3 is 2.33 bits per heavy atom. The highest BCUT2D eigenvalue weighted by molar-refractivity contribution is 5.85. The summed E-state index contributed by atoms with van der Waals surface area (Å²) in [6.07, 6.45) is 5.33. The molecule has 1 aromatic heterocycles. The smallest absolute Gasteiger partial charge is 0.308 e. The zero-order valence-corrected chi connectivity index (χ0v) is 11.9. The average Bonchev–Trinajstić information content (AvgIpc) is 2.39.